The van der Waals surface area contributed by atoms with Gasteiger partial charge in [-0.15, -0.1) is 0 Å². The SMILES string of the molecule is CCCC[C@H](NC(=O)[C@H](CC(C)C)NC(=O)[C@@H](NC(=O)[C@@H](NC(=O)[C@H](CCC(=O)O)NC(=O)[C@H](CC(=O)O)NC(=O)CCC(=O)O)c1ccccc1)C(C)(C)C)C(=O)C(N)=O. The van der Waals surface area contributed by atoms with Gasteiger partial charge in [0.15, 0.2) is 0 Å². The van der Waals surface area contributed by atoms with Crippen molar-refractivity contribution < 1.29 is 68.1 Å². The smallest absolute Gasteiger partial charge is 0.305 e. The fraction of sp³-hybridized carbons (Fsp3) is 0.575. The zero-order valence-corrected chi connectivity index (χ0v) is 35.2. The third-order valence-corrected chi connectivity index (χ3v) is 9.04. The van der Waals surface area contributed by atoms with Gasteiger partial charge in [0.05, 0.1) is 18.9 Å². The first-order valence-corrected chi connectivity index (χ1v) is 19.7. The monoisotopic (exact) mass is 861 g/mol. The number of Topliss-reactive ketones (excluding diaryl/α,β-unsaturated/α-hetero) is 1. The predicted molar refractivity (Wildman–Crippen MR) is 216 cm³/mol. The molecule has 0 aromatic heterocycles. The Kier molecular flexibility index (Phi) is 21.8. The van der Waals surface area contributed by atoms with E-state index in [0.717, 1.165) is 0 Å². The second kappa shape index (κ2) is 25.3. The van der Waals surface area contributed by atoms with E-state index in [1.54, 1.807) is 40.7 Å². The first kappa shape index (κ1) is 52.6. The maximum atomic E-state index is 14.2. The van der Waals surface area contributed by atoms with Gasteiger partial charge < -0.3 is 53.0 Å². The number of unbranched alkanes of at least 4 members (excludes halogenated alkanes) is 1. The summed E-state index contributed by atoms with van der Waals surface area (Å²) in [6.07, 6.45) is -2.17. The molecule has 21 nitrogen and oxygen atoms in total. The summed E-state index contributed by atoms with van der Waals surface area (Å²) in [5, 5.41) is 42.2. The summed E-state index contributed by atoms with van der Waals surface area (Å²) in [4.78, 5) is 139. The Bertz CT molecular complexity index is 1760. The lowest BCUT2D eigenvalue weighted by molar-refractivity contribution is -0.142. The first-order valence-electron chi connectivity index (χ1n) is 19.7. The van der Waals surface area contributed by atoms with Crippen LogP contribution in [-0.4, -0.2) is 111 Å². The molecule has 338 valence electrons. The van der Waals surface area contributed by atoms with Crippen molar-refractivity contribution in [1.29, 1.82) is 0 Å². The van der Waals surface area contributed by atoms with Gasteiger partial charge in [0, 0.05) is 12.8 Å². The molecule has 0 spiro atoms. The molecule has 21 heteroatoms. The van der Waals surface area contributed by atoms with Gasteiger partial charge in [-0.2, -0.15) is 0 Å². The lowest BCUT2D eigenvalue weighted by atomic mass is 9.85. The van der Waals surface area contributed by atoms with Crippen LogP contribution in [0.1, 0.15) is 111 Å². The van der Waals surface area contributed by atoms with Crippen LogP contribution in [0.15, 0.2) is 30.3 Å². The van der Waals surface area contributed by atoms with Crippen LogP contribution in [0.5, 0.6) is 0 Å². The number of carbonyl (C=O) groups excluding carboxylic acids is 8. The van der Waals surface area contributed by atoms with Gasteiger partial charge in [-0.3, -0.25) is 52.7 Å². The van der Waals surface area contributed by atoms with E-state index in [0.29, 0.717) is 12.8 Å². The summed E-state index contributed by atoms with van der Waals surface area (Å²) in [6.45, 7) is 10.2. The van der Waals surface area contributed by atoms with Crippen molar-refractivity contribution in [3.8, 4) is 0 Å². The van der Waals surface area contributed by atoms with Crippen LogP contribution in [0, 0.1) is 11.3 Å². The highest BCUT2D eigenvalue weighted by atomic mass is 16.4. The van der Waals surface area contributed by atoms with Crippen LogP contribution in [0.4, 0.5) is 0 Å². The first-order chi connectivity index (χ1) is 28.4. The van der Waals surface area contributed by atoms with E-state index >= 15 is 0 Å². The van der Waals surface area contributed by atoms with Gasteiger partial charge in [-0.05, 0) is 36.2 Å². The summed E-state index contributed by atoms with van der Waals surface area (Å²) < 4.78 is 0. The Morgan fingerprint density at radius 1 is 0.607 bits per heavy atom. The Balaban J connectivity index is 3.52. The minimum absolute atomic E-state index is 0.0825. The van der Waals surface area contributed by atoms with Gasteiger partial charge in [0.25, 0.3) is 5.91 Å². The quantitative estimate of drug-likeness (QED) is 0.0513. The normalized spacial score (nSPS) is 14.1. The van der Waals surface area contributed by atoms with E-state index in [9.17, 15) is 63.0 Å². The Labute approximate surface area is 353 Å². The molecule has 0 bridgehead atoms. The van der Waals surface area contributed by atoms with E-state index < -0.39 is 139 Å². The molecular weight excluding hydrogens is 802 g/mol. The summed E-state index contributed by atoms with van der Waals surface area (Å²) >= 11 is 0. The summed E-state index contributed by atoms with van der Waals surface area (Å²) in [7, 11) is 0. The van der Waals surface area contributed by atoms with Crippen molar-refractivity contribution >= 4 is 65.0 Å². The van der Waals surface area contributed by atoms with Crippen LogP contribution in [0.3, 0.4) is 0 Å². The minimum atomic E-state index is -1.81. The van der Waals surface area contributed by atoms with Gasteiger partial charge in [0.2, 0.25) is 41.2 Å². The average Bonchev–Trinajstić information content (AvgIpc) is 3.16. The summed E-state index contributed by atoms with van der Waals surface area (Å²) in [6, 6.07) is -1.41. The standard InChI is InChI=1S/C40H59N7O14/c1-7-8-14-23(32(55)34(41)56)43-36(58)25(19-21(2)3)45-39(61)33(40(4,5)6)47-38(60)31(22-12-10-9-11-13-22)46-35(57)24(15-17-28(49)50)44-37(59)26(20-30(53)54)42-27(48)16-18-29(51)52/h9-13,21,23-26,31,33H,7-8,14-20H2,1-6H3,(H2,41,56)(H,42,48)(H,43,58)(H,44,59)(H,45,61)(H,46,57)(H,47,60)(H,49,50)(H,51,52)(H,53,54)/t23-,24-,25-,26-,31-,33+/m0/s1. The molecule has 0 aliphatic carbocycles. The van der Waals surface area contributed by atoms with Crippen molar-refractivity contribution in [2.24, 2.45) is 17.1 Å². The number of hydrogen-bond acceptors (Lipinski definition) is 11. The lowest BCUT2D eigenvalue weighted by Gasteiger charge is -2.34. The van der Waals surface area contributed by atoms with Crippen molar-refractivity contribution in [3.05, 3.63) is 35.9 Å². The fourth-order valence-corrected chi connectivity index (χ4v) is 5.85. The van der Waals surface area contributed by atoms with Crippen molar-refractivity contribution in [1.82, 2.24) is 31.9 Å². The number of amides is 7. The molecule has 11 N–H and O–H groups in total. The third kappa shape index (κ3) is 19.5. The van der Waals surface area contributed by atoms with E-state index in [2.05, 4.69) is 31.9 Å². The molecule has 1 rings (SSSR count). The van der Waals surface area contributed by atoms with E-state index in [1.165, 1.54) is 24.3 Å². The van der Waals surface area contributed by atoms with Crippen LogP contribution < -0.4 is 37.6 Å². The molecule has 61 heavy (non-hydrogen) atoms. The van der Waals surface area contributed by atoms with Crippen LogP contribution >= 0.6 is 0 Å². The molecule has 0 saturated carbocycles. The molecule has 0 aliphatic rings. The maximum Gasteiger partial charge on any atom is 0.305 e. The molecule has 0 heterocycles. The van der Waals surface area contributed by atoms with Crippen LogP contribution in [0.2, 0.25) is 0 Å². The third-order valence-electron chi connectivity index (χ3n) is 9.04. The van der Waals surface area contributed by atoms with Gasteiger partial charge in [-0.1, -0.05) is 84.7 Å². The zero-order valence-electron chi connectivity index (χ0n) is 35.2. The van der Waals surface area contributed by atoms with Crippen molar-refractivity contribution in [3.63, 3.8) is 0 Å². The molecule has 0 aliphatic heterocycles. The fourth-order valence-electron chi connectivity index (χ4n) is 5.85. The maximum absolute atomic E-state index is 14.2. The molecule has 0 unspecified atom stereocenters. The Hall–Kier alpha value is -6.41. The highest BCUT2D eigenvalue weighted by molar-refractivity contribution is 6.37. The zero-order chi connectivity index (χ0) is 46.6. The number of carbonyl (C=O) groups is 11. The number of carboxylic acids is 3. The molecule has 7 amide bonds. The molecule has 0 fully saturated rings. The highest BCUT2D eigenvalue weighted by Gasteiger charge is 2.39. The number of nitrogens with one attached hydrogen (secondary N) is 6. The van der Waals surface area contributed by atoms with Gasteiger partial charge >= 0.3 is 17.9 Å². The Morgan fingerprint density at radius 3 is 1.66 bits per heavy atom. The second-order valence-electron chi connectivity index (χ2n) is 15.9. The second-order valence-corrected chi connectivity index (χ2v) is 15.9. The number of nitrogens with two attached hydrogens (primary N) is 1. The van der Waals surface area contributed by atoms with Crippen molar-refractivity contribution in [2.45, 2.75) is 136 Å². The van der Waals surface area contributed by atoms with Gasteiger partial charge in [-0.25, -0.2) is 0 Å². The number of hydrogen-bond donors (Lipinski definition) is 10. The Morgan fingerprint density at radius 2 is 1.15 bits per heavy atom. The van der Waals surface area contributed by atoms with Crippen LogP contribution in [-0.2, 0) is 52.7 Å². The molecule has 1 aromatic rings. The molecular formula is C40H59N7O14. The summed E-state index contributed by atoms with van der Waals surface area (Å²) in [5.41, 5.74) is 4.33. The highest BCUT2D eigenvalue weighted by Crippen LogP contribution is 2.23. The topological polar surface area (TPSA) is 347 Å². The summed E-state index contributed by atoms with van der Waals surface area (Å²) in [5.74, 6) is -12.6. The van der Waals surface area contributed by atoms with E-state index in [1.807, 2.05) is 6.92 Å². The number of ketones is 1. The van der Waals surface area contributed by atoms with E-state index in [4.69, 9.17) is 10.8 Å². The molecule has 1 aromatic carbocycles. The molecule has 0 saturated heterocycles. The van der Waals surface area contributed by atoms with Crippen LogP contribution in [0.25, 0.3) is 0 Å². The minimum Gasteiger partial charge on any atom is -0.481 e. The number of aliphatic carboxylic acids is 3. The lowest BCUT2D eigenvalue weighted by Crippen LogP contribution is -2.60. The average molecular weight is 862 g/mol. The number of rotatable bonds is 27. The number of benzene rings is 1. The number of carboxylic acid groups (broad SMARTS) is 3. The molecule has 6 atom stereocenters. The largest absolute Gasteiger partial charge is 0.481 e. The van der Waals surface area contributed by atoms with Gasteiger partial charge in [0.1, 0.15) is 30.2 Å². The predicted octanol–water partition coefficient (Wildman–Crippen LogP) is -0.191. The van der Waals surface area contributed by atoms with Crippen molar-refractivity contribution in [2.75, 3.05) is 0 Å². The number of primary amides is 1. The molecule has 0 radical (unpaired) electrons. The van der Waals surface area contributed by atoms with E-state index in [-0.39, 0.29) is 24.3 Å².